The van der Waals surface area contributed by atoms with Crippen molar-refractivity contribution in [1.29, 1.82) is 0 Å². The number of carbonyl (C=O) groups is 2. The van der Waals surface area contributed by atoms with Gasteiger partial charge in [0.05, 0.1) is 25.0 Å². The largest absolute Gasteiger partial charge is 0.465 e. The predicted molar refractivity (Wildman–Crippen MR) is 72.4 cm³/mol. The van der Waals surface area contributed by atoms with Crippen molar-refractivity contribution in [3.63, 3.8) is 0 Å². The molecule has 19 heavy (non-hydrogen) atoms. The molecule has 2 unspecified atom stereocenters. The molecule has 0 amide bonds. The van der Waals surface area contributed by atoms with Crippen LogP contribution in [0, 0.1) is 23.7 Å². The third-order valence-electron chi connectivity index (χ3n) is 3.24. The molecular weight excluding hydrogens is 244 g/mol. The van der Waals surface area contributed by atoms with Crippen LogP contribution in [-0.2, 0) is 19.1 Å². The van der Waals surface area contributed by atoms with E-state index in [1.54, 1.807) is 0 Å². The van der Waals surface area contributed by atoms with Gasteiger partial charge in [-0.2, -0.15) is 0 Å². The van der Waals surface area contributed by atoms with Crippen LogP contribution >= 0.6 is 0 Å². The molecule has 0 aliphatic heterocycles. The van der Waals surface area contributed by atoms with E-state index in [0.29, 0.717) is 25.0 Å². The topological polar surface area (TPSA) is 52.6 Å². The summed E-state index contributed by atoms with van der Waals surface area (Å²) in [5, 5.41) is 0. The van der Waals surface area contributed by atoms with Gasteiger partial charge in [0.1, 0.15) is 0 Å². The second kappa shape index (κ2) is 7.51. The zero-order valence-electron chi connectivity index (χ0n) is 12.5. The first-order chi connectivity index (χ1) is 8.91. The molecular formula is C15H26O4. The molecule has 1 rings (SSSR count). The summed E-state index contributed by atoms with van der Waals surface area (Å²) in [5.74, 6) is -0.458. The van der Waals surface area contributed by atoms with Crippen LogP contribution in [0.2, 0.25) is 0 Å². The van der Waals surface area contributed by atoms with Crippen LogP contribution in [0.25, 0.3) is 0 Å². The smallest absolute Gasteiger partial charge is 0.309 e. The number of hydrogen-bond donors (Lipinski definition) is 0. The molecule has 0 aromatic rings. The van der Waals surface area contributed by atoms with Gasteiger partial charge < -0.3 is 9.47 Å². The van der Waals surface area contributed by atoms with Gasteiger partial charge in [-0.3, -0.25) is 9.59 Å². The summed E-state index contributed by atoms with van der Waals surface area (Å²) in [6, 6.07) is 0. The average molecular weight is 270 g/mol. The van der Waals surface area contributed by atoms with Gasteiger partial charge in [0.2, 0.25) is 0 Å². The first-order valence-corrected chi connectivity index (χ1v) is 7.25. The molecule has 4 nitrogen and oxygen atoms in total. The fourth-order valence-corrected chi connectivity index (χ4v) is 2.24. The molecule has 0 bridgehead atoms. The highest BCUT2D eigenvalue weighted by molar-refractivity contribution is 5.82. The Morgan fingerprint density at radius 3 is 1.58 bits per heavy atom. The molecule has 0 N–H and O–H groups in total. The Kier molecular flexibility index (Phi) is 6.32. The quantitative estimate of drug-likeness (QED) is 0.696. The lowest BCUT2D eigenvalue weighted by Crippen LogP contribution is -2.30. The van der Waals surface area contributed by atoms with Crippen molar-refractivity contribution >= 4 is 11.9 Å². The Morgan fingerprint density at radius 1 is 0.895 bits per heavy atom. The van der Waals surface area contributed by atoms with Gasteiger partial charge >= 0.3 is 11.9 Å². The highest BCUT2D eigenvalue weighted by Gasteiger charge is 2.39. The molecule has 0 aromatic carbocycles. The second-order valence-electron chi connectivity index (χ2n) is 6.19. The number of hydrogen-bond acceptors (Lipinski definition) is 4. The summed E-state index contributed by atoms with van der Waals surface area (Å²) in [6.45, 7) is 8.82. The van der Waals surface area contributed by atoms with Crippen LogP contribution in [0.3, 0.4) is 0 Å². The van der Waals surface area contributed by atoms with E-state index in [2.05, 4.69) is 0 Å². The van der Waals surface area contributed by atoms with Crippen molar-refractivity contribution in [2.24, 2.45) is 23.7 Å². The molecule has 1 aliphatic carbocycles. The molecule has 0 aromatic heterocycles. The molecule has 0 saturated heterocycles. The normalized spacial score (nSPS) is 22.8. The van der Waals surface area contributed by atoms with Crippen LogP contribution in [-0.4, -0.2) is 25.2 Å². The van der Waals surface area contributed by atoms with Crippen LogP contribution < -0.4 is 0 Å². The van der Waals surface area contributed by atoms with Gasteiger partial charge in [-0.1, -0.05) is 34.1 Å². The molecule has 1 saturated carbocycles. The van der Waals surface area contributed by atoms with Crippen molar-refractivity contribution in [3.05, 3.63) is 0 Å². The number of ether oxygens (including phenoxy) is 2. The first-order valence-electron chi connectivity index (χ1n) is 7.25. The summed E-state index contributed by atoms with van der Waals surface area (Å²) >= 11 is 0. The third-order valence-corrected chi connectivity index (χ3v) is 3.24. The van der Waals surface area contributed by atoms with E-state index in [9.17, 15) is 9.59 Å². The highest BCUT2D eigenvalue weighted by atomic mass is 16.5. The van der Waals surface area contributed by atoms with Crippen molar-refractivity contribution in [2.75, 3.05) is 13.2 Å². The average Bonchev–Trinajstić information content (AvgIpc) is 2.82. The number of rotatable bonds is 6. The highest BCUT2D eigenvalue weighted by Crippen LogP contribution is 2.33. The lowest BCUT2D eigenvalue weighted by atomic mass is 9.96. The standard InChI is InChI=1S/C15H26O4/c1-10(2)8-18-14(16)12-6-5-7-13(12)15(17)19-9-11(3)4/h10-13H,5-9H2,1-4H3. The van der Waals surface area contributed by atoms with E-state index >= 15 is 0 Å². The molecule has 0 spiro atoms. The molecule has 2 atom stereocenters. The van der Waals surface area contributed by atoms with Gasteiger partial charge in [0.25, 0.3) is 0 Å². The minimum atomic E-state index is -0.307. The van der Waals surface area contributed by atoms with E-state index in [0.717, 1.165) is 19.3 Å². The van der Waals surface area contributed by atoms with E-state index in [1.165, 1.54) is 0 Å². The van der Waals surface area contributed by atoms with Crippen LogP contribution in [0.15, 0.2) is 0 Å². The Balaban J connectivity index is 2.48. The van der Waals surface area contributed by atoms with Crippen molar-refractivity contribution < 1.29 is 19.1 Å². The Hall–Kier alpha value is -1.06. The van der Waals surface area contributed by atoms with Gasteiger partial charge in [-0.05, 0) is 24.7 Å². The number of esters is 2. The van der Waals surface area contributed by atoms with Crippen LogP contribution in [0.1, 0.15) is 47.0 Å². The number of carbonyl (C=O) groups excluding carboxylic acids is 2. The van der Waals surface area contributed by atoms with E-state index in [4.69, 9.17) is 9.47 Å². The maximum atomic E-state index is 12.0. The van der Waals surface area contributed by atoms with E-state index in [1.807, 2.05) is 27.7 Å². The summed E-state index contributed by atoms with van der Waals surface area (Å²) in [6.07, 6.45) is 2.36. The van der Waals surface area contributed by atoms with E-state index < -0.39 is 0 Å². The molecule has 110 valence electrons. The van der Waals surface area contributed by atoms with Crippen LogP contribution in [0.5, 0.6) is 0 Å². The zero-order chi connectivity index (χ0) is 14.4. The fourth-order valence-electron chi connectivity index (χ4n) is 2.24. The second-order valence-corrected chi connectivity index (χ2v) is 6.19. The molecule has 0 radical (unpaired) electrons. The summed E-state index contributed by atoms with van der Waals surface area (Å²) in [7, 11) is 0. The van der Waals surface area contributed by atoms with Crippen molar-refractivity contribution in [3.8, 4) is 0 Å². The maximum Gasteiger partial charge on any atom is 0.309 e. The summed E-state index contributed by atoms with van der Waals surface area (Å²) < 4.78 is 10.5. The fraction of sp³-hybridized carbons (Fsp3) is 0.867. The van der Waals surface area contributed by atoms with E-state index in [-0.39, 0.29) is 23.8 Å². The molecule has 1 fully saturated rings. The minimum Gasteiger partial charge on any atom is -0.465 e. The SMILES string of the molecule is CC(C)COC(=O)C1CCCC1C(=O)OCC(C)C. The Morgan fingerprint density at radius 2 is 1.26 bits per heavy atom. The Labute approximate surface area is 115 Å². The summed E-state index contributed by atoms with van der Waals surface area (Å²) in [4.78, 5) is 23.9. The monoisotopic (exact) mass is 270 g/mol. The summed E-state index contributed by atoms with van der Waals surface area (Å²) in [5.41, 5.74) is 0. The lowest BCUT2D eigenvalue weighted by Gasteiger charge is -2.18. The Bertz CT molecular complexity index is 279. The van der Waals surface area contributed by atoms with Gasteiger partial charge in [-0.25, -0.2) is 0 Å². The van der Waals surface area contributed by atoms with Gasteiger partial charge in [-0.15, -0.1) is 0 Å². The lowest BCUT2D eigenvalue weighted by molar-refractivity contribution is -0.160. The zero-order valence-corrected chi connectivity index (χ0v) is 12.5. The minimum absolute atomic E-state index is 0.238. The van der Waals surface area contributed by atoms with Crippen molar-refractivity contribution in [1.82, 2.24) is 0 Å². The van der Waals surface area contributed by atoms with Gasteiger partial charge in [0.15, 0.2) is 0 Å². The first kappa shape index (κ1) is 16.0. The third kappa shape index (κ3) is 5.21. The van der Waals surface area contributed by atoms with Crippen LogP contribution in [0.4, 0.5) is 0 Å². The molecule has 4 heteroatoms. The maximum absolute atomic E-state index is 12.0. The molecule has 1 aliphatic rings. The predicted octanol–water partition coefficient (Wildman–Crippen LogP) is 2.80. The van der Waals surface area contributed by atoms with Crippen molar-refractivity contribution in [2.45, 2.75) is 47.0 Å². The van der Waals surface area contributed by atoms with Gasteiger partial charge in [0, 0.05) is 0 Å². The molecule has 0 heterocycles.